The fraction of sp³-hybridized carbons (Fsp3) is 0.118. The Hall–Kier alpha value is -11.4. The van der Waals surface area contributed by atoms with Crippen LogP contribution in [0.2, 0.25) is 15.1 Å². The molecular weight excluding hydrogens is 1260 g/mol. The summed E-state index contributed by atoms with van der Waals surface area (Å²) in [4.78, 5) is 92.4. The van der Waals surface area contributed by atoms with Crippen LogP contribution in [0.5, 0.6) is 0 Å². The standard InChI is InChI=1S/C24H22ClN5O3.C24H22ClN5O2.C20H16ClN5O3/c25-18-9-10-21(27-15-18)29-24(32)19-3-1-2-4-20(19)28-23(31)17-7-5-16(6-8-17)22(26)30-11-13-33-14-12-30;25-18-11-12-21(27-15-18)29-24(32)19-5-1-2-6-20(19)28-23(31)17-9-7-16(8-10-17)22(26)30-13-3-4-14-30;21-14-9-10-17(23-11-14)25-20(28)15-3-1-2-4-16(15)24-19(27)13-7-5-12(6-8-13)18(22)26-29/h1-10,15,26H,11-14H2,(H,28,31)(H,27,29,32);1-2,5-12,15,26H,3-4,13-14H2,(H,28,31)(H,27,29,32);1-11,29H,(H2,22,26)(H,24,27)(H,23,25,28). The number of rotatable bonds is 15. The number of carbonyl (C=O) groups is 6. The lowest BCUT2D eigenvalue weighted by molar-refractivity contribution is 0.0680. The van der Waals surface area contributed by atoms with Crippen molar-refractivity contribution >= 4 is 122 Å². The van der Waals surface area contributed by atoms with E-state index in [9.17, 15) is 28.8 Å². The highest BCUT2D eigenvalue weighted by atomic mass is 35.5. The average molecular weight is 1320 g/mol. The molecular formula is C68H60Cl3N15O8. The van der Waals surface area contributed by atoms with Gasteiger partial charge in [-0.3, -0.25) is 39.6 Å². The van der Waals surface area contributed by atoms with Crippen LogP contribution in [-0.2, 0) is 4.74 Å². The van der Waals surface area contributed by atoms with E-state index in [1.54, 1.807) is 170 Å². The van der Waals surface area contributed by atoms with Gasteiger partial charge in [-0.1, -0.05) is 113 Å². The summed E-state index contributed by atoms with van der Waals surface area (Å²) in [5, 5.41) is 46.0. The molecule has 2 aliphatic heterocycles. The minimum Gasteiger partial charge on any atom is -0.409 e. The molecule has 0 aliphatic carbocycles. The van der Waals surface area contributed by atoms with Crippen molar-refractivity contribution in [3.63, 3.8) is 0 Å². The van der Waals surface area contributed by atoms with Gasteiger partial charge in [-0.15, -0.1) is 0 Å². The number of pyridine rings is 3. The molecule has 11 rings (SSSR count). The number of carbonyl (C=O) groups excluding carboxylic acids is 6. The molecule has 5 heterocycles. The number of anilines is 6. The normalized spacial score (nSPS) is 12.5. The molecule has 11 N–H and O–H groups in total. The zero-order valence-corrected chi connectivity index (χ0v) is 52.2. The second kappa shape index (κ2) is 32.6. The van der Waals surface area contributed by atoms with E-state index in [0.717, 1.165) is 37.1 Å². The number of hydrogen-bond acceptors (Lipinski definition) is 14. The average Bonchev–Trinajstić information content (AvgIpc) is 0.970. The summed E-state index contributed by atoms with van der Waals surface area (Å²) >= 11 is 17.5. The Morgan fingerprint density at radius 3 is 1.01 bits per heavy atom. The third-order valence-electron chi connectivity index (χ3n) is 14.3. The number of ether oxygens (including phenoxy) is 1. The van der Waals surface area contributed by atoms with Gasteiger partial charge < -0.3 is 57.4 Å². The van der Waals surface area contributed by atoms with Crippen LogP contribution in [0.15, 0.2) is 206 Å². The van der Waals surface area contributed by atoms with Crippen LogP contribution in [0.3, 0.4) is 0 Å². The number of benzene rings is 6. The van der Waals surface area contributed by atoms with Crippen molar-refractivity contribution in [2.24, 2.45) is 10.9 Å². The lowest BCUT2D eigenvalue weighted by Crippen LogP contribution is -2.40. The summed E-state index contributed by atoms with van der Waals surface area (Å²) in [6.07, 6.45) is 6.50. The van der Waals surface area contributed by atoms with Crippen LogP contribution in [-0.4, -0.2) is 122 Å². The van der Waals surface area contributed by atoms with Crippen molar-refractivity contribution in [3.8, 4) is 0 Å². The number of likely N-dealkylation sites (tertiary alicyclic amines) is 1. The minimum absolute atomic E-state index is 0.0604. The number of hydrogen-bond donors (Lipinski definition) is 10. The van der Waals surface area contributed by atoms with Gasteiger partial charge in [-0.05, 0) is 122 Å². The number of nitrogens with zero attached hydrogens (tertiary/aromatic N) is 6. The van der Waals surface area contributed by atoms with Crippen LogP contribution in [0.1, 0.15) is 91.7 Å². The van der Waals surface area contributed by atoms with E-state index in [0.29, 0.717) is 121 Å². The predicted octanol–water partition coefficient (Wildman–Crippen LogP) is 11.9. The minimum atomic E-state index is -0.432. The van der Waals surface area contributed by atoms with Gasteiger partial charge in [0.05, 0.1) is 62.0 Å². The van der Waals surface area contributed by atoms with Crippen LogP contribution in [0, 0.1) is 10.8 Å². The molecule has 6 amide bonds. The highest BCUT2D eigenvalue weighted by Crippen LogP contribution is 2.24. The van der Waals surface area contributed by atoms with Gasteiger partial charge in [0.1, 0.15) is 29.1 Å². The fourth-order valence-corrected chi connectivity index (χ4v) is 9.69. The molecule has 0 bridgehead atoms. The second-order valence-electron chi connectivity index (χ2n) is 20.7. The van der Waals surface area contributed by atoms with Gasteiger partial charge in [0, 0.05) is 78.2 Å². The number of nitrogens with two attached hydrogens (primary N) is 1. The zero-order valence-electron chi connectivity index (χ0n) is 49.9. The molecule has 0 radical (unpaired) electrons. The van der Waals surface area contributed by atoms with Crippen molar-refractivity contribution in [3.05, 3.63) is 266 Å². The number of amidine groups is 3. The van der Waals surface area contributed by atoms with E-state index < -0.39 is 23.6 Å². The third-order valence-corrected chi connectivity index (χ3v) is 15.0. The Morgan fingerprint density at radius 2 is 0.702 bits per heavy atom. The number of nitrogens with one attached hydrogen (secondary N) is 8. The van der Waals surface area contributed by atoms with E-state index in [4.69, 9.17) is 61.3 Å². The third kappa shape index (κ3) is 18.4. The van der Waals surface area contributed by atoms with Gasteiger partial charge in [0.2, 0.25) is 0 Å². The van der Waals surface area contributed by atoms with Gasteiger partial charge in [0.15, 0.2) is 5.84 Å². The van der Waals surface area contributed by atoms with E-state index in [2.05, 4.69) is 52.0 Å². The number of halogens is 3. The van der Waals surface area contributed by atoms with E-state index in [-0.39, 0.29) is 23.2 Å². The number of para-hydroxylation sites is 3. The smallest absolute Gasteiger partial charge is 0.258 e. The summed E-state index contributed by atoms with van der Waals surface area (Å²) in [6, 6.07) is 49.6. The van der Waals surface area contributed by atoms with Crippen molar-refractivity contribution < 1.29 is 38.7 Å². The molecule has 0 saturated carbocycles. The first-order valence-electron chi connectivity index (χ1n) is 29.0. The Kier molecular flexibility index (Phi) is 23.2. The molecule has 0 unspecified atom stereocenters. The predicted molar refractivity (Wildman–Crippen MR) is 363 cm³/mol. The number of oxime groups is 1. The number of morpholine rings is 1. The molecule has 476 valence electrons. The van der Waals surface area contributed by atoms with Crippen LogP contribution in [0.25, 0.3) is 0 Å². The summed E-state index contributed by atoms with van der Waals surface area (Å²) < 4.78 is 5.33. The maximum absolute atomic E-state index is 12.8. The van der Waals surface area contributed by atoms with Crippen molar-refractivity contribution in [1.29, 1.82) is 10.8 Å². The summed E-state index contributed by atoms with van der Waals surface area (Å²) in [5.74, 6) is -0.484. The molecule has 2 aliphatic rings. The van der Waals surface area contributed by atoms with Crippen LogP contribution < -0.4 is 37.6 Å². The Balaban J connectivity index is 0.000000166. The van der Waals surface area contributed by atoms with Crippen molar-refractivity contribution in [2.75, 3.05) is 71.3 Å². The monoisotopic (exact) mass is 1320 g/mol. The SMILES string of the molecule is N=C(c1ccc(C(=O)Nc2ccccc2C(=O)Nc2ccc(Cl)cn2)cc1)N1CCCC1.N=C(c1ccc(C(=O)Nc2ccccc2C(=O)Nc2ccc(Cl)cn2)cc1)N1CCOCC1.NC(=NO)c1ccc(C(=O)Nc2ccccc2C(=O)Nc2ccc(Cl)cn2)cc1. The number of amides is 6. The van der Waals surface area contributed by atoms with E-state index in [1.807, 2.05) is 9.80 Å². The largest absolute Gasteiger partial charge is 0.409 e. The first-order valence-corrected chi connectivity index (χ1v) is 30.2. The quantitative estimate of drug-likeness (QED) is 0.0197. The summed E-state index contributed by atoms with van der Waals surface area (Å²) in [7, 11) is 0. The highest BCUT2D eigenvalue weighted by Gasteiger charge is 2.22. The van der Waals surface area contributed by atoms with Gasteiger partial charge in [0.25, 0.3) is 35.4 Å². The second-order valence-corrected chi connectivity index (χ2v) is 22.0. The van der Waals surface area contributed by atoms with Crippen LogP contribution >= 0.6 is 34.8 Å². The van der Waals surface area contributed by atoms with E-state index in [1.165, 1.54) is 30.7 Å². The first kappa shape index (κ1) is 67.0. The van der Waals surface area contributed by atoms with Gasteiger partial charge >= 0.3 is 0 Å². The topological polar surface area (TPSA) is 335 Å². The molecule has 3 aromatic heterocycles. The lowest BCUT2D eigenvalue weighted by atomic mass is 10.1. The molecule has 6 aromatic carbocycles. The van der Waals surface area contributed by atoms with Gasteiger partial charge in [-0.25, -0.2) is 15.0 Å². The lowest BCUT2D eigenvalue weighted by Gasteiger charge is -2.29. The molecule has 9 aromatic rings. The summed E-state index contributed by atoms with van der Waals surface area (Å²) in [6.45, 7) is 4.34. The molecule has 2 fully saturated rings. The highest BCUT2D eigenvalue weighted by molar-refractivity contribution is 6.31. The van der Waals surface area contributed by atoms with Crippen molar-refractivity contribution in [2.45, 2.75) is 12.8 Å². The molecule has 23 nitrogen and oxygen atoms in total. The number of aromatic nitrogens is 3. The molecule has 2 saturated heterocycles. The molecule has 0 atom stereocenters. The van der Waals surface area contributed by atoms with Crippen LogP contribution in [0.4, 0.5) is 34.5 Å². The Morgan fingerprint density at radius 1 is 0.404 bits per heavy atom. The maximum Gasteiger partial charge on any atom is 0.258 e. The maximum atomic E-state index is 12.8. The fourth-order valence-electron chi connectivity index (χ4n) is 9.36. The molecule has 94 heavy (non-hydrogen) atoms. The van der Waals surface area contributed by atoms with Gasteiger partial charge in [-0.2, -0.15) is 0 Å². The molecule has 0 spiro atoms. The summed E-state index contributed by atoms with van der Waals surface area (Å²) in [5.41, 5.74) is 10.7. The first-order chi connectivity index (χ1) is 45.5. The zero-order chi connectivity index (χ0) is 66.5. The Labute approximate surface area is 554 Å². The van der Waals surface area contributed by atoms with E-state index >= 15 is 0 Å². The van der Waals surface area contributed by atoms with Crippen molar-refractivity contribution in [1.82, 2.24) is 24.8 Å². The molecule has 26 heteroatoms. The Bertz CT molecular complexity index is 4230.